The van der Waals surface area contributed by atoms with E-state index in [4.69, 9.17) is 0 Å². The molecule has 0 aliphatic carbocycles. The molecule has 0 spiro atoms. The summed E-state index contributed by atoms with van der Waals surface area (Å²) in [5, 5.41) is 0. The molecule has 1 aliphatic rings. The number of halogens is 1. The highest BCUT2D eigenvalue weighted by Gasteiger charge is 2.22. The van der Waals surface area contributed by atoms with E-state index in [2.05, 4.69) is 16.8 Å². The zero-order chi connectivity index (χ0) is 14.9. The van der Waals surface area contributed by atoms with Crippen LogP contribution in [0.2, 0.25) is 0 Å². The first kappa shape index (κ1) is 13.8. The Morgan fingerprint density at radius 1 is 1.10 bits per heavy atom. The minimum absolute atomic E-state index is 0.0292. The van der Waals surface area contributed by atoms with Crippen molar-refractivity contribution in [2.45, 2.75) is 12.2 Å². The first-order valence-electron chi connectivity index (χ1n) is 6.48. The molecule has 3 nitrogen and oxygen atoms in total. The monoisotopic (exact) mass is 301 g/mol. The van der Waals surface area contributed by atoms with Crippen LogP contribution >= 0.6 is 0 Å². The largest absolute Gasteiger partial charge is 0.260 e. The molecular weight excluding hydrogens is 289 g/mol. The van der Waals surface area contributed by atoms with Gasteiger partial charge in [0.05, 0.1) is 11.5 Å². The van der Waals surface area contributed by atoms with Crippen LogP contribution in [0.25, 0.3) is 0 Å². The highest BCUT2D eigenvalue weighted by Crippen LogP contribution is 2.19. The van der Waals surface area contributed by atoms with Crippen LogP contribution in [-0.4, -0.2) is 19.2 Å². The SMILES string of the molecule is O=S1(=O)CCc2ncc(C#Cc3ccc(F)cc3)cc2C1. The van der Waals surface area contributed by atoms with Gasteiger partial charge in [0.1, 0.15) is 5.82 Å². The summed E-state index contributed by atoms with van der Waals surface area (Å²) in [5.41, 5.74) is 2.92. The Kier molecular flexibility index (Phi) is 3.48. The predicted molar refractivity (Wildman–Crippen MR) is 77.8 cm³/mol. The lowest BCUT2D eigenvalue weighted by molar-refractivity contribution is 0.590. The quantitative estimate of drug-likeness (QED) is 0.700. The highest BCUT2D eigenvalue weighted by molar-refractivity contribution is 7.90. The van der Waals surface area contributed by atoms with Crippen LogP contribution in [0.3, 0.4) is 0 Å². The van der Waals surface area contributed by atoms with Crippen LogP contribution in [0.15, 0.2) is 36.5 Å². The number of sulfone groups is 1. The second-order valence-corrected chi connectivity index (χ2v) is 7.11. The topological polar surface area (TPSA) is 47.0 Å². The average Bonchev–Trinajstić information content (AvgIpc) is 2.45. The summed E-state index contributed by atoms with van der Waals surface area (Å²) in [4.78, 5) is 4.28. The minimum atomic E-state index is -3.01. The molecule has 3 rings (SSSR count). The molecule has 0 saturated carbocycles. The van der Waals surface area contributed by atoms with Gasteiger partial charge in [-0.05, 0) is 35.9 Å². The normalized spacial score (nSPS) is 15.7. The Morgan fingerprint density at radius 2 is 1.81 bits per heavy atom. The molecule has 0 fully saturated rings. The van der Waals surface area contributed by atoms with Gasteiger partial charge in [-0.3, -0.25) is 4.98 Å². The van der Waals surface area contributed by atoms with E-state index in [9.17, 15) is 12.8 Å². The number of nitrogens with zero attached hydrogens (tertiary/aromatic N) is 1. The maximum absolute atomic E-state index is 12.8. The Labute approximate surface area is 122 Å². The molecule has 1 aromatic carbocycles. The van der Waals surface area contributed by atoms with Crippen molar-refractivity contribution in [1.29, 1.82) is 0 Å². The number of aryl methyl sites for hydroxylation is 1. The molecule has 0 unspecified atom stereocenters. The van der Waals surface area contributed by atoms with E-state index in [0.717, 1.165) is 11.3 Å². The summed E-state index contributed by atoms with van der Waals surface area (Å²) in [6.45, 7) is 0. The molecule has 106 valence electrons. The van der Waals surface area contributed by atoms with E-state index in [1.807, 2.05) is 0 Å². The number of pyridine rings is 1. The molecule has 0 saturated heterocycles. The molecular formula is C16H12FNO2S. The Hall–Kier alpha value is -2.19. The second-order valence-electron chi connectivity index (χ2n) is 4.93. The molecule has 0 atom stereocenters. The van der Waals surface area contributed by atoms with Gasteiger partial charge in [0.25, 0.3) is 0 Å². The lowest BCUT2D eigenvalue weighted by Crippen LogP contribution is -2.20. The number of rotatable bonds is 0. The third kappa shape index (κ3) is 3.29. The van der Waals surface area contributed by atoms with Gasteiger partial charge in [-0.1, -0.05) is 11.8 Å². The van der Waals surface area contributed by atoms with Gasteiger partial charge in [0.15, 0.2) is 9.84 Å². The van der Waals surface area contributed by atoms with Crippen LogP contribution in [-0.2, 0) is 22.0 Å². The van der Waals surface area contributed by atoms with Gasteiger partial charge >= 0.3 is 0 Å². The summed E-state index contributed by atoms with van der Waals surface area (Å²) >= 11 is 0. The summed E-state index contributed by atoms with van der Waals surface area (Å²) < 4.78 is 36.1. The van der Waals surface area contributed by atoms with Crippen molar-refractivity contribution in [3.8, 4) is 11.8 Å². The van der Waals surface area contributed by atoms with Crippen molar-refractivity contribution >= 4 is 9.84 Å². The number of fused-ring (bicyclic) bond motifs is 1. The molecule has 0 N–H and O–H groups in total. The highest BCUT2D eigenvalue weighted by atomic mass is 32.2. The lowest BCUT2D eigenvalue weighted by Gasteiger charge is -2.14. The summed E-state index contributed by atoms with van der Waals surface area (Å²) in [7, 11) is -3.01. The van der Waals surface area contributed by atoms with Crippen molar-refractivity contribution < 1.29 is 12.8 Å². The van der Waals surface area contributed by atoms with Gasteiger partial charge in [0, 0.05) is 29.4 Å². The molecule has 2 heterocycles. The van der Waals surface area contributed by atoms with Crippen molar-refractivity contribution in [3.63, 3.8) is 0 Å². The van der Waals surface area contributed by atoms with Gasteiger partial charge < -0.3 is 0 Å². The molecule has 5 heteroatoms. The molecule has 0 radical (unpaired) electrons. The van der Waals surface area contributed by atoms with Crippen LogP contribution in [0.5, 0.6) is 0 Å². The van der Waals surface area contributed by atoms with E-state index < -0.39 is 9.84 Å². The molecule has 21 heavy (non-hydrogen) atoms. The van der Waals surface area contributed by atoms with Crippen molar-refractivity contribution in [2.75, 3.05) is 5.75 Å². The van der Waals surface area contributed by atoms with Crippen molar-refractivity contribution in [1.82, 2.24) is 4.98 Å². The second kappa shape index (κ2) is 5.30. The van der Waals surface area contributed by atoms with Crippen LogP contribution in [0.4, 0.5) is 4.39 Å². The number of hydrogen-bond donors (Lipinski definition) is 0. The number of benzene rings is 1. The van der Waals surface area contributed by atoms with E-state index in [1.54, 1.807) is 24.4 Å². The molecule has 1 aromatic heterocycles. The molecule has 1 aliphatic heterocycles. The standard InChI is InChI=1S/C16H12FNO2S/c17-15-5-3-12(4-6-15)1-2-13-9-14-11-21(19,20)8-7-16(14)18-10-13/h3-6,9-10H,7-8,11H2. The first-order valence-corrected chi connectivity index (χ1v) is 8.30. The fourth-order valence-corrected chi connectivity index (χ4v) is 3.57. The molecule has 0 bridgehead atoms. The van der Waals surface area contributed by atoms with E-state index >= 15 is 0 Å². The summed E-state index contributed by atoms with van der Waals surface area (Å²) in [6, 6.07) is 7.66. The first-order chi connectivity index (χ1) is 10.0. The van der Waals surface area contributed by atoms with Crippen molar-refractivity contribution in [3.05, 3.63) is 64.7 Å². The zero-order valence-electron chi connectivity index (χ0n) is 11.1. The third-order valence-electron chi connectivity index (χ3n) is 3.28. The maximum Gasteiger partial charge on any atom is 0.154 e. The number of hydrogen-bond acceptors (Lipinski definition) is 3. The maximum atomic E-state index is 12.8. The van der Waals surface area contributed by atoms with Gasteiger partial charge in [-0.15, -0.1) is 0 Å². The fourth-order valence-electron chi connectivity index (χ4n) is 2.20. The summed E-state index contributed by atoms with van der Waals surface area (Å²) in [6.07, 6.45) is 2.11. The van der Waals surface area contributed by atoms with E-state index in [1.165, 1.54) is 12.1 Å². The third-order valence-corrected chi connectivity index (χ3v) is 4.86. The fraction of sp³-hybridized carbons (Fsp3) is 0.188. The Bertz CT molecular complexity index is 846. The zero-order valence-corrected chi connectivity index (χ0v) is 12.0. The van der Waals surface area contributed by atoms with Crippen LogP contribution in [0, 0.1) is 17.7 Å². The number of aromatic nitrogens is 1. The van der Waals surface area contributed by atoms with Crippen LogP contribution < -0.4 is 0 Å². The van der Waals surface area contributed by atoms with Crippen LogP contribution in [0.1, 0.15) is 22.4 Å². The van der Waals surface area contributed by atoms with Gasteiger partial charge in [-0.25, -0.2) is 12.8 Å². The molecule has 0 amide bonds. The van der Waals surface area contributed by atoms with Gasteiger partial charge in [-0.2, -0.15) is 0 Å². The van der Waals surface area contributed by atoms with E-state index in [0.29, 0.717) is 17.5 Å². The Balaban J connectivity index is 1.90. The van der Waals surface area contributed by atoms with E-state index in [-0.39, 0.29) is 17.3 Å². The Morgan fingerprint density at radius 3 is 2.57 bits per heavy atom. The van der Waals surface area contributed by atoms with Gasteiger partial charge in [0.2, 0.25) is 0 Å². The smallest absolute Gasteiger partial charge is 0.154 e. The summed E-state index contributed by atoms with van der Waals surface area (Å²) in [5.74, 6) is 5.72. The predicted octanol–water partition coefficient (Wildman–Crippen LogP) is 2.09. The molecule has 2 aromatic rings. The lowest BCUT2D eigenvalue weighted by atomic mass is 10.1. The van der Waals surface area contributed by atoms with Crippen molar-refractivity contribution in [2.24, 2.45) is 0 Å². The average molecular weight is 301 g/mol. The minimum Gasteiger partial charge on any atom is -0.260 e.